The molecule has 83 valence electrons. The van der Waals surface area contributed by atoms with Crippen molar-refractivity contribution in [3.05, 3.63) is 0 Å². The fraction of sp³-hybridized carbons (Fsp3) is 0. The van der Waals surface area contributed by atoms with E-state index in [1.54, 1.807) is 0 Å². The van der Waals surface area contributed by atoms with Crippen molar-refractivity contribution in [2.45, 2.75) is 0 Å². The molecular formula is H6CaCdCrCuO8SZn. The van der Waals surface area contributed by atoms with E-state index in [1.807, 2.05) is 0 Å². The average Bonchev–Trinajstić information content (AvgIpc) is 1.12. The quantitative estimate of drug-likeness (QED) is 0.217. The molecule has 0 rings (SSSR count). The molecule has 8 nitrogen and oxygen atoms in total. The van der Waals surface area contributed by atoms with Gasteiger partial charge in [0, 0.05) is 63.8 Å². The molecule has 0 aliphatic rings. The molecule has 14 heavy (non-hydrogen) atoms. The Morgan fingerprint density at radius 2 is 1.07 bits per heavy atom. The van der Waals surface area contributed by atoms with E-state index in [9.17, 15) is 0 Å². The molecule has 0 atom stereocenters. The van der Waals surface area contributed by atoms with Crippen LogP contribution in [0.5, 0.6) is 0 Å². The molecule has 0 bridgehead atoms. The monoisotopic (exact) mass is 499 g/mol. The van der Waals surface area contributed by atoms with Crippen molar-refractivity contribution < 1.29 is 114 Å². The topological polar surface area (TPSA) is 149 Å². The summed E-state index contributed by atoms with van der Waals surface area (Å²) >= 11 is -5.25. The first kappa shape index (κ1) is 36.0. The fourth-order valence-electron chi connectivity index (χ4n) is 0. The van der Waals surface area contributed by atoms with E-state index in [-0.39, 0.29) is 104 Å². The minimum absolute atomic E-state index is 0. The second-order valence-electron chi connectivity index (χ2n) is 0.896. The van der Waals surface area contributed by atoms with Crippen molar-refractivity contribution in [3.8, 4) is 0 Å². The van der Waals surface area contributed by atoms with Gasteiger partial charge in [-0.2, -0.15) is 8.42 Å². The molecule has 0 aliphatic heterocycles. The smallest absolute Gasteiger partial charge is 0 e. The van der Waals surface area contributed by atoms with E-state index in [2.05, 4.69) is 0 Å². The zero-order chi connectivity index (χ0) is 9.00. The molecule has 0 saturated heterocycles. The van der Waals surface area contributed by atoms with Crippen LogP contribution in [-0.4, -0.2) is 63.6 Å². The predicted molar refractivity (Wildman–Crippen MR) is 28.0 cm³/mol. The molecule has 0 amide bonds. The van der Waals surface area contributed by atoms with Crippen LogP contribution in [0.25, 0.3) is 0 Å². The molecule has 0 unspecified atom stereocenters. The van der Waals surface area contributed by atoms with Crippen molar-refractivity contribution in [2.75, 3.05) is 0 Å². The standard InChI is InChI=1S/Ca.Cd.Cr.Cu.H2O4S.2H2O.2O.Zn.2H/c;;;;1-5(2,3)4;;;;;;;/h;;;;(H2,1,2,3,4);2*1H2;;;;;/q+2;;+2;;;;;;;;2*-1/p-2. The van der Waals surface area contributed by atoms with Gasteiger partial charge in [-0.15, -0.1) is 0 Å². The van der Waals surface area contributed by atoms with Crippen LogP contribution in [0.2, 0.25) is 0 Å². The summed E-state index contributed by atoms with van der Waals surface area (Å²) in [4.78, 5) is 0. The summed E-state index contributed by atoms with van der Waals surface area (Å²) < 4.78 is 63.5. The van der Waals surface area contributed by atoms with Crippen molar-refractivity contribution in [1.82, 2.24) is 0 Å². The summed E-state index contributed by atoms with van der Waals surface area (Å²) in [6, 6.07) is 0. The van der Waals surface area contributed by atoms with E-state index in [0.29, 0.717) is 0 Å². The summed E-state index contributed by atoms with van der Waals surface area (Å²) in [6.45, 7) is 0. The average molecular weight is 500 g/mol. The molecule has 4 N–H and O–H groups in total. The van der Waals surface area contributed by atoms with Crippen molar-refractivity contribution in [2.24, 2.45) is 0 Å². The minimum atomic E-state index is -5.25. The van der Waals surface area contributed by atoms with Gasteiger partial charge in [-0.25, -0.2) is 0 Å². The van der Waals surface area contributed by atoms with Crippen molar-refractivity contribution in [3.63, 3.8) is 0 Å². The molecule has 0 saturated carbocycles. The summed E-state index contributed by atoms with van der Waals surface area (Å²) in [6.07, 6.45) is 0. The number of hydrogen-bond acceptors (Lipinski definition) is 4. The third-order valence-corrected chi connectivity index (χ3v) is 0. The van der Waals surface area contributed by atoms with Gasteiger partial charge in [-0.05, 0) is 0 Å². The minimum Gasteiger partial charge on any atom is 0 e. The van der Waals surface area contributed by atoms with Crippen LogP contribution in [0, 0.1) is 0 Å². The third kappa shape index (κ3) is 294. The Morgan fingerprint density at radius 3 is 1.07 bits per heavy atom. The molecule has 0 aromatic heterocycles. The Morgan fingerprint density at radius 1 is 1.07 bits per heavy atom. The second-order valence-corrected chi connectivity index (χ2v) is 3.19. The van der Waals surface area contributed by atoms with Gasteiger partial charge in [0.15, 0.2) is 0 Å². The van der Waals surface area contributed by atoms with Crippen LogP contribution in [0.15, 0.2) is 0 Å². The van der Waals surface area contributed by atoms with Crippen LogP contribution >= 0.6 is 0 Å². The fourth-order valence-corrected chi connectivity index (χ4v) is 0. The molecule has 0 aromatic rings. The first-order valence-electron chi connectivity index (χ1n) is 1.40. The summed E-state index contributed by atoms with van der Waals surface area (Å²) in [7, 11) is -4.67. The predicted octanol–water partition coefficient (Wildman–Crippen LogP) is -2.17. The van der Waals surface area contributed by atoms with Crippen LogP contribution in [0.1, 0.15) is 2.85 Å². The van der Waals surface area contributed by atoms with Gasteiger partial charge in [0.25, 0.3) is 0 Å². The summed E-state index contributed by atoms with van der Waals surface area (Å²) in [5, 5.41) is 0. The van der Waals surface area contributed by atoms with Gasteiger partial charge in [-0.1, -0.05) is 0 Å². The Labute approximate surface area is 159 Å². The third-order valence-electron chi connectivity index (χ3n) is 0. The molecule has 0 fully saturated rings. The molecule has 14 heteroatoms. The van der Waals surface area contributed by atoms with Gasteiger partial charge in [0.2, 0.25) is 0 Å². The zero-order valence-electron chi connectivity index (χ0n) is 8.66. The Balaban J connectivity index is -0.00000000970. The first-order chi connectivity index (χ1) is 4.00. The molecule has 0 spiro atoms. The Kier molecular flexibility index (Phi) is 41.8. The maximum absolute atomic E-state index is 8.82. The van der Waals surface area contributed by atoms with E-state index in [4.69, 9.17) is 33.4 Å². The molecule has 0 aliphatic carbocycles. The Hall–Kier alpha value is 3.25. The van der Waals surface area contributed by atoms with Gasteiger partial charge in [0.1, 0.15) is 0 Å². The van der Waals surface area contributed by atoms with Crippen LogP contribution in [0.4, 0.5) is 0 Å². The van der Waals surface area contributed by atoms with E-state index in [0.717, 1.165) is 0 Å². The van der Waals surface area contributed by atoms with Gasteiger partial charge in [0.05, 0.1) is 0 Å². The van der Waals surface area contributed by atoms with E-state index < -0.39 is 24.0 Å². The molecule has 1 radical (unpaired) electrons. The van der Waals surface area contributed by atoms with E-state index in [1.165, 1.54) is 0 Å². The first-order valence-corrected chi connectivity index (χ1v) is 4.98. The molecular weight excluding hydrogens is 493 g/mol. The van der Waals surface area contributed by atoms with Gasteiger partial charge < -0.3 is 2.85 Å². The van der Waals surface area contributed by atoms with Crippen LogP contribution in [0.3, 0.4) is 0 Å². The van der Waals surface area contributed by atoms with Gasteiger partial charge >= 0.3 is 77.7 Å². The van der Waals surface area contributed by atoms with Crippen LogP contribution in [-0.2, 0) is 95.5 Å². The van der Waals surface area contributed by atoms with E-state index >= 15 is 0 Å². The number of hydrogen-bond donors (Lipinski definition) is 4. The van der Waals surface area contributed by atoms with Gasteiger partial charge in [-0.3, -0.25) is 9.11 Å². The van der Waals surface area contributed by atoms with Crippen molar-refractivity contribution in [1.29, 1.82) is 0 Å². The second kappa shape index (κ2) is 16.2. The summed E-state index contributed by atoms with van der Waals surface area (Å²) in [5.41, 5.74) is 0. The van der Waals surface area contributed by atoms with Crippen LogP contribution < -0.4 is 0 Å². The van der Waals surface area contributed by atoms with Crippen molar-refractivity contribution >= 4 is 48.1 Å². The SMILES string of the molecule is O=S(=O)(O)O.[Ca+2].[Cd].[Cu].[H-].[H-].[O]=[Cr](=[O])([OH])[OH].[Zn]. The maximum Gasteiger partial charge on any atom is 0 e. The normalized spacial score (nSPS) is 8.29. The molecule has 0 heterocycles. The molecule has 0 aromatic carbocycles. The Bertz CT molecular complexity index is 234. The largest absolute Gasteiger partial charge is 0 e. The summed E-state index contributed by atoms with van der Waals surface area (Å²) in [5.74, 6) is 0. The zero-order valence-corrected chi connectivity index (χ0v) is 18.9. The number of rotatable bonds is 0. The maximum atomic E-state index is 8.82.